The Morgan fingerprint density at radius 3 is 2.66 bits per heavy atom. The molecule has 13 heteroatoms. The molecule has 0 saturated carbocycles. The Balaban J connectivity index is 2.10. The number of alkyl halides is 3. The van der Waals surface area contributed by atoms with Gasteiger partial charge in [0.05, 0.1) is 12.6 Å². The molecule has 7 nitrogen and oxygen atoms in total. The van der Waals surface area contributed by atoms with Crippen molar-refractivity contribution in [3.63, 3.8) is 0 Å². The van der Waals surface area contributed by atoms with Gasteiger partial charge in [-0.2, -0.15) is 18.3 Å². The van der Waals surface area contributed by atoms with Crippen LogP contribution in [0.15, 0.2) is 24.7 Å². The van der Waals surface area contributed by atoms with Crippen LogP contribution in [0.25, 0.3) is 5.69 Å². The number of amides is 1. The van der Waals surface area contributed by atoms with Crippen molar-refractivity contribution in [2.24, 2.45) is 0 Å². The molecule has 0 spiro atoms. The summed E-state index contributed by atoms with van der Waals surface area (Å²) in [7, 11) is -1.79. The van der Waals surface area contributed by atoms with Crippen molar-refractivity contribution in [2.75, 3.05) is 23.0 Å². The smallest absolute Gasteiger partial charge is 0.308 e. The van der Waals surface area contributed by atoms with E-state index < -0.39 is 40.9 Å². The Morgan fingerprint density at radius 1 is 1.38 bits per heavy atom. The minimum atomic E-state index is -4.40. The second kappa shape index (κ2) is 9.53. The van der Waals surface area contributed by atoms with Crippen molar-refractivity contribution in [3.8, 4) is 5.69 Å². The molecule has 2 aromatic heterocycles. The Kier molecular flexibility index (Phi) is 7.58. The molecule has 2 aromatic rings. The fourth-order valence-corrected chi connectivity index (χ4v) is 3.74. The predicted octanol–water partition coefficient (Wildman–Crippen LogP) is 2.63. The first-order valence-corrected chi connectivity index (χ1v) is 10.3. The summed E-state index contributed by atoms with van der Waals surface area (Å²) in [5.74, 6) is -2.01. The van der Waals surface area contributed by atoms with Gasteiger partial charge in [-0.05, 0) is 6.92 Å². The number of hydrogen-bond donors (Lipinski definition) is 1. The number of carbonyl (C=O) groups excluding carboxylic acids is 1. The summed E-state index contributed by atoms with van der Waals surface area (Å²) in [5.41, 5.74) is 0.325. The van der Waals surface area contributed by atoms with E-state index in [2.05, 4.69) is 5.10 Å². The van der Waals surface area contributed by atoms with E-state index in [9.17, 15) is 31.8 Å². The molecule has 1 amide bonds. The quantitative estimate of drug-likeness (QED) is 0.375. The zero-order chi connectivity index (χ0) is 21.8. The molecule has 0 saturated heterocycles. The first-order chi connectivity index (χ1) is 13.5. The summed E-state index contributed by atoms with van der Waals surface area (Å²) in [6, 6.07) is 1.09. The van der Waals surface area contributed by atoms with Crippen LogP contribution in [0.2, 0.25) is 5.15 Å². The monoisotopic (exact) mass is 457 g/mol. The van der Waals surface area contributed by atoms with E-state index in [1.807, 2.05) is 0 Å². The fourth-order valence-electron chi connectivity index (χ4n) is 2.45. The number of aromatic nitrogens is 3. The van der Waals surface area contributed by atoms with Crippen LogP contribution in [-0.2, 0) is 15.6 Å². The molecule has 1 atom stereocenters. The van der Waals surface area contributed by atoms with Crippen LogP contribution in [0.5, 0.6) is 0 Å². The van der Waals surface area contributed by atoms with Gasteiger partial charge in [0, 0.05) is 46.1 Å². The number of pyridine rings is 1. The number of rotatable bonds is 8. The van der Waals surface area contributed by atoms with Crippen LogP contribution in [0.1, 0.15) is 19.8 Å². The Labute approximate surface area is 170 Å². The second-order valence-electron chi connectivity index (χ2n) is 5.94. The van der Waals surface area contributed by atoms with Crippen LogP contribution in [0.4, 0.5) is 23.2 Å². The number of carbonyl (C=O) groups is 1. The van der Waals surface area contributed by atoms with E-state index in [1.54, 1.807) is 6.92 Å². The van der Waals surface area contributed by atoms with Crippen LogP contribution in [0.3, 0.4) is 0 Å². The Hall–Kier alpha value is -2.21. The first-order valence-electron chi connectivity index (χ1n) is 8.39. The SMILES string of the molecule is CCN(C(=O)CCS(=O)CCC(F)(F)F)c1cn(-c2cc(F)c[n+](O)c2)nc1Cl. The Bertz CT molecular complexity index is 887. The van der Waals surface area contributed by atoms with Gasteiger partial charge in [0.1, 0.15) is 11.4 Å². The highest BCUT2D eigenvalue weighted by Gasteiger charge is 2.28. The van der Waals surface area contributed by atoms with Crippen molar-refractivity contribution in [2.45, 2.75) is 25.9 Å². The molecule has 0 radical (unpaired) electrons. The second-order valence-corrected chi connectivity index (χ2v) is 8.00. The molecule has 1 N–H and O–H groups in total. The van der Waals surface area contributed by atoms with Crippen molar-refractivity contribution in [3.05, 3.63) is 35.6 Å². The normalized spacial score (nSPS) is 12.8. The summed E-state index contributed by atoms with van der Waals surface area (Å²) in [6.45, 7) is 1.82. The highest BCUT2D eigenvalue weighted by atomic mass is 35.5. The van der Waals surface area contributed by atoms with E-state index >= 15 is 0 Å². The molecule has 0 aliphatic rings. The van der Waals surface area contributed by atoms with E-state index in [0.29, 0.717) is 4.73 Å². The van der Waals surface area contributed by atoms with Gasteiger partial charge in [-0.25, -0.2) is 9.07 Å². The van der Waals surface area contributed by atoms with Crippen LogP contribution < -0.4 is 9.63 Å². The topological polar surface area (TPSA) is 79.3 Å². The molecule has 0 bridgehead atoms. The summed E-state index contributed by atoms with van der Waals surface area (Å²) in [5, 5.41) is 13.3. The minimum absolute atomic E-state index is 0.0767. The van der Waals surface area contributed by atoms with Crippen LogP contribution >= 0.6 is 11.6 Å². The average Bonchev–Trinajstić information content (AvgIpc) is 2.99. The summed E-state index contributed by atoms with van der Waals surface area (Å²) in [4.78, 5) is 13.7. The van der Waals surface area contributed by atoms with Gasteiger partial charge in [0.15, 0.2) is 11.0 Å². The molecule has 2 heterocycles. The zero-order valence-corrected chi connectivity index (χ0v) is 16.8. The lowest BCUT2D eigenvalue weighted by molar-refractivity contribution is -0.905. The average molecular weight is 458 g/mol. The summed E-state index contributed by atoms with van der Waals surface area (Å²) < 4.78 is 63.4. The first kappa shape index (κ1) is 23.1. The van der Waals surface area contributed by atoms with E-state index in [1.165, 1.54) is 11.1 Å². The lowest BCUT2D eigenvalue weighted by Gasteiger charge is -2.19. The third-order valence-electron chi connectivity index (χ3n) is 3.79. The van der Waals surface area contributed by atoms with Gasteiger partial charge >= 0.3 is 6.18 Å². The Morgan fingerprint density at radius 2 is 2.07 bits per heavy atom. The van der Waals surface area contributed by atoms with E-state index in [0.717, 1.165) is 23.1 Å². The maximum absolute atomic E-state index is 13.5. The number of halogens is 5. The summed E-state index contributed by atoms with van der Waals surface area (Å²) in [6.07, 6.45) is -2.48. The molecule has 1 unspecified atom stereocenters. The van der Waals surface area contributed by atoms with Crippen molar-refractivity contribution in [1.29, 1.82) is 0 Å². The molecule has 29 heavy (non-hydrogen) atoms. The van der Waals surface area contributed by atoms with Gasteiger partial charge in [-0.1, -0.05) is 11.6 Å². The maximum Gasteiger partial charge on any atom is 0.390 e. The molecule has 160 valence electrons. The van der Waals surface area contributed by atoms with Crippen LogP contribution in [0, 0.1) is 5.82 Å². The molecule has 0 fully saturated rings. The largest absolute Gasteiger partial charge is 0.390 e. The van der Waals surface area contributed by atoms with Gasteiger partial charge in [0.25, 0.3) is 6.20 Å². The number of hydrogen-bond acceptors (Lipinski definition) is 4. The maximum atomic E-state index is 13.5. The predicted molar refractivity (Wildman–Crippen MR) is 97.1 cm³/mol. The zero-order valence-electron chi connectivity index (χ0n) is 15.2. The molecule has 0 aliphatic heterocycles. The van der Waals surface area contributed by atoms with Gasteiger partial charge in [-0.15, -0.1) is 0 Å². The number of anilines is 1. The molecule has 0 aliphatic carbocycles. The summed E-state index contributed by atoms with van der Waals surface area (Å²) >= 11 is 6.08. The van der Waals surface area contributed by atoms with Crippen molar-refractivity contribution < 1.29 is 36.5 Å². The standard InChI is InChI=1S/C16H18ClF4N4O3S/c1-2-24(14(26)3-5-29(28)6-4-16(19,20)21)13-10-25(22-15(13)17)12-7-11(18)8-23(27)9-12/h7-10,27H,2-6H2,1H3/q+1. The van der Waals surface area contributed by atoms with Gasteiger partial charge in [0.2, 0.25) is 12.1 Å². The van der Waals surface area contributed by atoms with Crippen molar-refractivity contribution in [1.82, 2.24) is 9.78 Å². The third-order valence-corrected chi connectivity index (χ3v) is 5.37. The lowest BCUT2D eigenvalue weighted by Crippen LogP contribution is -2.32. The lowest BCUT2D eigenvalue weighted by atomic mass is 10.3. The highest BCUT2D eigenvalue weighted by Crippen LogP contribution is 2.26. The van der Waals surface area contributed by atoms with Crippen LogP contribution in [-0.4, -0.2) is 49.3 Å². The minimum Gasteiger partial charge on any atom is -0.308 e. The van der Waals surface area contributed by atoms with E-state index in [-0.39, 0.29) is 35.2 Å². The fraction of sp³-hybridized carbons (Fsp3) is 0.438. The van der Waals surface area contributed by atoms with Crippen molar-refractivity contribution >= 4 is 34.0 Å². The number of nitrogens with zero attached hydrogens (tertiary/aromatic N) is 4. The third kappa shape index (κ3) is 6.67. The highest BCUT2D eigenvalue weighted by molar-refractivity contribution is 7.84. The molecule has 0 aromatic carbocycles. The van der Waals surface area contributed by atoms with Gasteiger partial charge in [-0.3, -0.25) is 14.2 Å². The molecule has 2 rings (SSSR count). The van der Waals surface area contributed by atoms with Gasteiger partial charge < -0.3 is 4.90 Å². The van der Waals surface area contributed by atoms with E-state index in [4.69, 9.17) is 11.6 Å². The molecular weight excluding hydrogens is 440 g/mol. The molecular formula is C16H18ClF4N4O3S+.